The van der Waals surface area contributed by atoms with Crippen molar-refractivity contribution in [3.05, 3.63) is 23.4 Å². The molecule has 0 radical (unpaired) electrons. The summed E-state index contributed by atoms with van der Waals surface area (Å²) in [5.74, 6) is 0.633. The molecule has 0 aliphatic heterocycles. The quantitative estimate of drug-likeness (QED) is 0.583. The second-order valence-electron chi connectivity index (χ2n) is 2.58. The van der Waals surface area contributed by atoms with Crippen LogP contribution in [-0.2, 0) is 0 Å². The van der Waals surface area contributed by atoms with E-state index in [2.05, 4.69) is 4.98 Å². The number of aryl methyl sites for hydroxylation is 1. The van der Waals surface area contributed by atoms with Gasteiger partial charge in [0.15, 0.2) is 6.29 Å². The van der Waals surface area contributed by atoms with E-state index < -0.39 is 0 Å². The molecule has 1 aromatic rings. The van der Waals surface area contributed by atoms with E-state index in [1.54, 1.807) is 12.3 Å². The minimum Gasteiger partial charge on any atom is -0.396 e. The summed E-state index contributed by atoms with van der Waals surface area (Å²) in [6, 6.07) is 1.79. The van der Waals surface area contributed by atoms with E-state index in [4.69, 9.17) is 5.11 Å². The van der Waals surface area contributed by atoms with Crippen LogP contribution in [-0.4, -0.2) is 28.7 Å². The van der Waals surface area contributed by atoms with Gasteiger partial charge in [0.1, 0.15) is 0 Å². The molecule has 0 fully saturated rings. The molecular weight excluding hydrogens is 186 g/mol. The number of hydrogen-bond acceptors (Lipinski definition) is 4. The zero-order valence-electron chi connectivity index (χ0n) is 7.36. The van der Waals surface area contributed by atoms with Crippen LogP contribution >= 0.6 is 11.8 Å². The molecule has 0 unspecified atom stereocenters. The van der Waals surface area contributed by atoms with E-state index in [0.29, 0.717) is 11.3 Å². The van der Waals surface area contributed by atoms with E-state index in [-0.39, 0.29) is 6.61 Å². The largest absolute Gasteiger partial charge is 0.396 e. The van der Waals surface area contributed by atoms with Crippen LogP contribution in [0.1, 0.15) is 15.9 Å². The molecule has 0 aromatic carbocycles. The van der Waals surface area contributed by atoms with Crippen LogP contribution in [0.15, 0.2) is 17.3 Å². The summed E-state index contributed by atoms with van der Waals surface area (Å²) >= 11 is 1.49. The predicted octanol–water partition coefficient (Wildman–Crippen LogP) is 1.29. The van der Waals surface area contributed by atoms with Crippen molar-refractivity contribution in [2.24, 2.45) is 0 Å². The fraction of sp³-hybridized carbons (Fsp3) is 0.333. The van der Waals surface area contributed by atoms with Gasteiger partial charge in [-0.05, 0) is 18.6 Å². The van der Waals surface area contributed by atoms with E-state index in [9.17, 15) is 4.79 Å². The molecule has 0 bridgehead atoms. The number of carbonyl (C=O) groups excluding carboxylic acids is 1. The van der Waals surface area contributed by atoms with Crippen molar-refractivity contribution in [2.75, 3.05) is 12.4 Å². The Kier molecular flexibility index (Phi) is 3.92. The number of aliphatic hydroxyl groups is 1. The number of hydrogen-bond donors (Lipinski definition) is 1. The Labute approximate surface area is 81.2 Å². The van der Waals surface area contributed by atoms with Crippen LogP contribution in [0.25, 0.3) is 0 Å². The van der Waals surface area contributed by atoms with Gasteiger partial charge in [0, 0.05) is 17.5 Å². The molecule has 0 saturated carbocycles. The van der Waals surface area contributed by atoms with Gasteiger partial charge in [-0.1, -0.05) is 0 Å². The van der Waals surface area contributed by atoms with Gasteiger partial charge in [0.05, 0.1) is 11.6 Å². The Morgan fingerprint density at radius 2 is 2.46 bits per heavy atom. The van der Waals surface area contributed by atoms with Crippen molar-refractivity contribution in [2.45, 2.75) is 11.9 Å². The van der Waals surface area contributed by atoms with Gasteiger partial charge in [-0.25, -0.2) is 4.98 Å². The predicted molar refractivity (Wildman–Crippen MR) is 52.2 cm³/mol. The molecular formula is C9H11NO2S. The van der Waals surface area contributed by atoms with Gasteiger partial charge < -0.3 is 5.11 Å². The van der Waals surface area contributed by atoms with Gasteiger partial charge in [-0.2, -0.15) is 0 Å². The summed E-state index contributed by atoms with van der Waals surface area (Å²) in [6.07, 6.45) is 2.32. The van der Waals surface area contributed by atoms with Crippen LogP contribution in [0.5, 0.6) is 0 Å². The second kappa shape index (κ2) is 4.99. The molecule has 3 nitrogen and oxygen atoms in total. The Balaban J connectivity index is 2.79. The first-order valence-corrected chi connectivity index (χ1v) is 4.92. The first-order chi connectivity index (χ1) is 6.27. The molecule has 4 heteroatoms. The van der Waals surface area contributed by atoms with Crippen molar-refractivity contribution >= 4 is 18.0 Å². The van der Waals surface area contributed by atoms with E-state index in [1.165, 1.54) is 11.8 Å². The van der Waals surface area contributed by atoms with Crippen molar-refractivity contribution in [1.29, 1.82) is 0 Å². The molecule has 0 amide bonds. The van der Waals surface area contributed by atoms with Gasteiger partial charge in [-0.15, -0.1) is 11.8 Å². The maximum atomic E-state index is 10.4. The molecule has 1 N–H and O–H groups in total. The molecule has 0 spiro atoms. The fourth-order valence-electron chi connectivity index (χ4n) is 0.942. The maximum Gasteiger partial charge on any atom is 0.151 e. The number of thioether (sulfide) groups is 1. The highest BCUT2D eigenvalue weighted by Crippen LogP contribution is 2.19. The van der Waals surface area contributed by atoms with Crippen LogP contribution in [0.4, 0.5) is 0 Å². The van der Waals surface area contributed by atoms with Crippen molar-refractivity contribution in [1.82, 2.24) is 4.98 Å². The zero-order chi connectivity index (χ0) is 9.68. The summed E-state index contributed by atoms with van der Waals surface area (Å²) in [7, 11) is 0. The summed E-state index contributed by atoms with van der Waals surface area (Å²) in [6.45, 7) is 2.04. The third-order valence-corrected chi connectivity index (χ3v) is 2.61. The zero-order valence-corrected chi connectivity index (χ0v) is 8.17. The Morgan fingerprint density at radius 3 is 3.00 bits per heavy atom. The Hall–Kier alpha value is -0.870. The Morgan fingerprint density at radius 1 is 1.69 bits per heavy atom. The number of aromatic nitrogens is 1. The molecule has 13 heavy (non-hydrogen) atoms. The average Bonchev–Trinajstić information content (AvgIpc) is 2.16. The summed E-state index contributed by atoms with van der Waals surface area (Å²) in [5, 5.41) is 9.49. The molecule has 0 aliphatic rings. The first-order valence-electron chi connectivity index (χ1n) is 3.93. The number of carbonyl (C=O) groups is 1. The molecule has 70 valence electrons. The van der Waals surface area contributed by atoms with Crippen molar-refractivity contribution in [3.63, 3.8) is 0 Å². The van der Waals surface area contributed by atoms with Crippen LogP contribution in [0.3, 0.4) is 0 Å². The summed E-state index contributed by atoms with van der Waals surface area (Å²) in [4.78, 5) is 14.5. The number of pyridine rings is 1. The standard InChI is InChI=1S/C9H11NO2S/c1-7-4-8(6-12)5-10-9(7)13-3-2-11/h4-6,11H,2-3H2,1H3. The number of rotatable bonds is 4. The van der Waals surface area contributed by atoms with Gasteiger partial charge in [0.2, 0.25) is 0 Å². The summed E-state index contributed by atoms with van der Waals surface area (Å²) < 4.78 is 0. The van der Waals surface area contributed by atoms with Gasteiger partial charge in [0.25, 0.3) is 0 Å². The highest BCUT2D eigenvalue weighted by Gasteiger charge is 2.01. The average molecular weight is 197 g/mol. The molecule has 0 saturated heterocycles. The molecule has 1 rings (SSSR count). The summed E-state index contributed by atoms with van der Waals surface area (Å²) in [5.41, 5.74) is 1.56. The fourth-order valence-corrected chi connectivity index (χ4v) is 1.64. The number of aldehydes is 1. The third kappa shape index (κ3) is 2.82. The highest BCUT2D eigenvalue weighted by molar-refractivity contribution is 7.99. The first kappa shape index (κ1) is 10.2. The topological polar surface area (TPSA) is 50.2 Å². The van der Waals surface area contributed by atoms with Gasteiger partial charge >= 0.3 is 0 Å². The van der Waals surface area contributed by atoms with Crippen LogP contribution in [0, 0.1) is 6.92 Å². The molecule has 1 heterocycles. The van der Waals surface area contributed by atoms with Crippen molar-refractivity contribution in [3.8, 4) is 0 Å². The minimum atomic E-state index is 0.140. The lowest BCUT2D eigenvalue weighted by Gasteiger charge is -2.02. The van der Waals surface area contributed by atoms with Gasteiger partial charge in [-0.3, -0.25) is 4.79 Å². The number of nitrogens with zero attached hydrogens (tertiary/aromatic N) is 1. The van der Waals surface area contributed by atoms with E-state index in [1.807, 2.05) is 6.92 Å². The lowest BCUT2D eigenvalue weighted by atomic mass is 10.2. The lowest BCUT2D eigenvalue weighted by molar-refractivity contribution is 0.112. The Bertz CT molecular complexity index is 302. The van der Waals surface area contributed by atoms with E-state index in [0.717, 1.165) is 16.9 Å². The van der Waals surface area contributed by atoms with E-state index >= 15 is 0 Å². The normalized spacial score (nSPS) is 10.0. The second-order valence-corrected chi connectivity index (χ2v) is 3.66. The van der Waals surface area contributed by atoms with Crippen molar-refractivity contribution < 1.29 is 9.90 Å². The molecule has 0 aliphatic carbocycles. The monoisotopic (exact) mass is 197 g/mol. The molecule has 1 aromatic heterocycles. The maximum absolute atomic E-state index is 10.4. The third-order valence-electron chi connectivity index (χ3n) is 1.52. The molecule has 0 atom stereocenters. The SMILES string of the molecule is Cc1cc(C=O)cnc1SCCO. The lowest BCUT2D eigenvalue weighted by Crippen LogP contribution is -1.92. The number of aliphatic hydroxyl groups excluding tert-OH is 1. The van der Waals surface area contributed by atoms with Crippen LogP contribution in [0.2, 0.25) is 0 Å². The van der Waals surface area contributed by atoms with Crippen LogP contribution < -0.4 is 0 Å². The minimum absolute atomic E-state index is 0.140. The smallest absolute Gasteiger partial charge is 0.151 e. The highest BCUT2D eigenvalue weighted by atomic mass is 32.2.